The van der Waals surface area contributed by atoms with Gasteiger partial charge in [-0.15, -0.1) is 0 Å². The summed E-state index contributed by atoms with van der Waals surface area (Å²) in [7, 11) is 0. The molecule has 4 atom stereocenters. The van der Waals surface area contributed by atoms with Crippen LogP contribution in [0.25, 0.3) is 0 Å². The Morgan fingerprint density at radius 3 is 2.20 bits per heavy atom. The zero-order valence-corrected chi connectivity index (χ0v) is 14.7. The van der Waals surface area contributed by atoms with Gasteiger partial charge in [0.2, 0.25) is 5.91 Å². The van der Waals surface area contributed by atoms with Crippen molar-refractivity contribution >= 4 is 17.6 Å². The van der Waals surface area contributed by atoms with E-state index in [2.05, 4.69) is 5.32 Å². The van der Waals surface area contributed by atoms with E-state index < -0.39 is 17.8 Å². The first kappa shape index (κ1) is 17.3. The SMILES string of the molecule is CCOc1ccc(NC(=O)[C@@H]2[C@@H](C(=O)O)[C@H]3C=C[C@H]2C3=C(C)C)cc1. The third kappa shape index (κ3) is 3.06. The van der Waals surface area contributed by atoms with Crippen molar-refractivity contribution in [3.63, 3.8) is 0 Å². The molecule has 0 radical (unpaired) electrons. The van der Waals surface area contributed by atoms with E-state index >= 15 is 0 Å². The van der Waals surface area contributed by atoms with E-state index in [4.69, 9.17) is 4.74 Å². The number of carboxylic acid groups (broad SMARTS) is 1. The van der Waals surface area contributed by atoms with Crippen LogP contribution in [0.3, 0.4) is 0 Å². The molecule has 1 saturated carbocycles. The zero-order chi connectivity index (χ0) is 18.1. The molecule has 2 aliphatic carbocycles. The molecule has 5 nitrogen and oxygen atoms in total. The third-order valence-electron chi connectivity index (χ3n) is 5.00. The van der Waals surface area contributed by atoms with Crippen molar-refractivity contribution in [2.24, 2.45) is 23.7 Å². The average molecular weight is 341 g/mol. The number of carbonyl (C=O) groups is 2. The molecular formula is C20H23NO4. The van der Waals surface area contributed by atoms with Crippen LogP contribution in [-0.4, -0.2) is 23.6 Å². The second-order valence-electron chi connectivity index (χ2n) is 6.73. The van der Waals surface area contributed by atoms with Gasteiger partial charge in [-0.3, -0.25) is 9.59 Å². The lowest BCUT2D eigenvalue weighted by Crippen LogP contribution is -2.36. The number of hydrogen-bond acceptors (Lipinski definition) is 3. The molecule has 1 aromatic carbocycles. The Bertz CT molecular complexity index is 743. The number of nitrogens with one attached hydrogen (secondary N) is 1. The lowest BCUT2D eigenvalue weighted by atomic mass is 9.82. The smallest absolute Gasteiger partial charge is 0.308 e. The van der Waals surface area contributed by atoms with Gasteiger partial charge >= 0.3 is 5.97 Å². The monoisotopic (exact) mass is 341 g/mol. The van der Waals surface area contributed by atoms with Crippen molar-refractivity contribution < 1.29 is 19.4 Å². The minimum atomic E-state index is -0.914. The van der Waals surface area contributed by atoms with Gasteiger partial charge in [0, 0.05) is 17.5 Å². The van der Waals surface area contributed by atoms with Crippen molar-refractivity contribution in [1.82, 2.24) is 0 Å². The molecule has 5 heteroatoms. The quantitative estimate of drug-likeness (QED) is 0.804. The molecule has 1 amide bonds. The maximum absolute atomic E-state index is 12.8. The second kappa shape index (κ2) is 6.75. The number of carbonyl (C=O) groups excluding carboxylic acids is 1. The molecule has 2 N–H and O–H groups in total. The van der Waals surface area contributed by atoms with Gasteiger partial charge in [-0.1, -0.05) is 23.3 Å². The zero-order valence-electron chi connectivity index (χ0n) is 14.7. The first-order chi connectivity index (χ1) is 11.9. The number of carboxylic acids is 1. The minimum absolute atomic E-state index is 0.126. The minimum Gasteiger partial charge on any atom is -0.494 e. The molecule has 132 valence electrons. The van der Waals surface area contributed by atoms with Gasteiger partial charge in [0.15, 0.2) is 0 Å². The van der Waals surface area contributed by atoms with Crippen molar-refractivity contribution in [2.75, 3.05) is 11.9 Å². The van der Waals surface area contributed by atoms with E-state index in [0.29, 0.717) is 12.3 Å². The molecule has 0 unspecified atom stereocenters. The maximum Gasteiger partial charge on any atom is 0.308 e. The number of rotatable bonds is 5. The predicted octanol–water partition coefficient (Wildman–Crippen LogP) is 3.49. The number of benzene rings is 1. The Labute approximate surface area is 147 Å². The highest BCUT2D eigenvalue weighted by Gasteiger charge is 2.54. The highest BCUT2D eigenvalue weighted by Crippen LogP contribution is 2.53. The Hall–Kier alpha value is -2.56. The molecular weight excluding hydrogens is 318 g/mol. The van der Waals surface area contributed by atoms with E-state index in [1.807, 2.05) is 32.9 Å². The summed E-state index contributed by atoms with van der Waals surface area (Å²) in [5.74, 6) is -2.01. The summed E-state index contributed by atoms with van der Waals surface area (Å²) in [6, 6.07) is 7.11. The van der Waals surface area contributed by atoms with Crippen molar-refractivity contribution in [3.8, 4) is 5.75 Å². The average Bonchev–Trinajstić information content (AvgIpc) is 3.13. The lowest BCUT2D eigenvalue weighted by Gasteiger charge is -2.23. The van der Waals surface area contributed by atoms with Gasteiger partial charge in [-0.2, -0.15) is 0 Å². The van der Waals surface area contributed by atoms with Crippen LogP contribution in [0.4, 0.5) is 5.69 Å². The van der Waals surface area contributed by atoms with Crippen LogP contribution in [0.1, 0.15) is 20.8 Å². The first-order valence-corrected chi connectivity index (χ1v) is 8.56. The summed E-state index contributed by atoms with van der Waals surface area (Å²) in [5, 5.41) is 12.5. The van der Waals surface area contributed by atoms with Gasteiger partial charge in [0.1, 0.15) is 5.75 Å². The molecule has 2 aliphatic rings. The summed E-state index contributed by atoms with van der Waals surface area (Å²) < 4.78 is 5.39. The van der Waals surface area contributed by atoms with E-state index in [0.717, 1.165) is 16.9 Å². The Balaban J connectivity index is 1.82. The van der Waals surface area contributed by atoms with Gasteiger partial charge in [0.25, 0.3) is 0 Å². The Kier molecular flexibility index (Phi) is 4.66. The highest BCUT2D eigenvalue weighted by molar-refractivity contribution is 5.97. The number of fused-ring (bicyclic) bond motifs is 2. The molecule has 0 spiro atoms. The van der Waals surface area contributed by atoms with Crippen LogP contribution in [-0.2, 0) is 9.59 Å². The normalized spacial score (nSPS) is 26.6. The topological polar surface area (TPSA) is 75.6 Å². The Morgan fingerprint density at radius 1 is 1.08 bits per heavy atom. The third-order valence-corrected chi connectivity index (χ3v) is 5.00. The maximum atomic E-state index is 12.8. The van der Waals surface area contributed by atoms with Crippen molar-refractivity contribution in [2.45, 2.75) is 20.8 Å². The summed E-state index contributed by atoms with van der Waals surface area (Å²) >= 11 is 0. The number of ether oxygens (including phenoxy) is 1. The van der Waals surface area contributed by atoms with Gasteiger partial charge in [-0.25, -0.2) is 0 Å². The number of hydrogen-bond donors (Lipinski definition) is 2. The molecule has 1 fully saturated rings. The summed E-state index contributed by atoms with van der Waals surface area (Å²) in [5.41, 5.74) is 2.82. The first-order valence-electron chi connectivity index (χ1n) is 8.56. The van der Waals surface area contributed by atoms with Gasteiger partial charge < -0.3 is 15.2 Å². The summed E-state index contributed by atoms with van der Waals surface area (Å²) in [6.45, 7) is 6.45. The van der Waals surface area contributed by atoms with Gasteiger partial charge in [-0.05, 0) is 45.0 Å². The number of anilines is 1. The van der Waals surface area contributed by atoms with E-state index in [1.165, 1.54) is 0 Å². The molecule has 2 bridgehead atoms. The molecule has 3 rings (SSSR count). The fraction of sp³-hybridized carbons (Fsp3) is 0.400. The second-order valence-corrected chi connectivity index (χ2v) is 6.73. The highest BCUT2D eigenvalue weighted by atomic mass is 16.5. The van der Waals surface area contributed by atoms with Crippen molar-refractivity contribution in [3.05, 3.63) is 47.6 Å². The molecule has 0 saturated heterocycles. The Morgan fingerprint density at radius 2 is 1.68 bits per heavy atom. The molecule has 0 aromatic heterocycles. The van der Waals surface area contributed by atoms with E-state index in [1.54, 1.807) is 24.3 Å². The number of aliphatic carboxylic acids is 1. The van der Waals surface area contributed by atoms with E-state index in [9.17, 15) is 14.7 Å². The molecule has 0 heterocycles. The van der Waals surface area contributed by atoms with Crippen LogP contribution in [0.15, 0.2) is 47.6 Å². The largest absolute Gasteiger partial charge is 0.494 e. The predicted molar refractivity (Wildman–Crippen MR) is 95.4 cm³/mol. The van der Waals surface area contributed by atoms with Crippen LogP contribution >= 0.6 is 0 Å². The molecule has 25 heavy (non-hydrogen) atoms. The van der Waals surface area contributed by atoms with Crippen LogP contribution in [0.5, 0.6) is 5.75 Å². The number of allylic oxidation sites excluding steroid dienone is 4. The molecule has 0 aliphatic heterocycles. The summed E-state index contributed by atoms with van der Waals surface area (Å²) in [4.78, 5) is 24.6. The molecule has 1 aromatic rings. The van der Waals surface area contributed by atoms with Crippen LogP contribution in [0.2, 0.25) is 0 Å². The standard InChI is InChI=1S/C20H23NO4/c1-4-25-13-7-5-12(6-8-13)21-19(22)17-14-9-10-15(16(14)11(2)3)18(17)20(23)24/h5-10,14-15,17-18H,4H2,1-3H3,(H,21,22)(H,23,24)/t14-,15-,17-,18-/m0/s1. The van der Waals surface area contributed by atoms with Crippen molar-refractivity contribution in [1.29, 1.82) is 0 Å². The summed E-state index contributed by atoms with van der Waals surface area (Å²) in [6.07, 6.45) is 3.92. The number of amides is 1. The van der Waals surface area contributed by atoms with Crippen LogP contribution < -0.4 is 10.1 Å². The lowest BCUT2D eigenvalue weighted by molar-refractivity contribution is -0.146. The van der Waals surface area contributed by atoms with E-state index in [-0.39, 0.29) is 17.7 Å². The fourth-order valence-corrected chi connectivity index (χ4v) is 4.07. The van der Waals surface area contributed by atoms with Crippen LogP contribution in [0, 0.1) is 23.7 Å². The van der Waals surface area contributed by atoms with Gasteiger partial charge in [0.05, 0.1) is 18.4 Å². The fourth-order valence-electron chi connectivity index (χ4n) is 4.07.